The molecule has 0 spiro atoms. The van der Waals surface area contributed by atoms with Crippen LogP contribution in [0.25, 0.3) is 17.1 Å². The van der Waals surface area contributed by atoms with Gasteiger partial charge in [-0.1, -0.05) is 33.6 Å². The third kappa shape index (κ3) is 2.52. The molecule has 0 saturated carbocycles. The molecular weight excluding hydrogens is 354 g/mol. The topological polar surface area (TPSA) is 69.6 Å². The first-order valence-electron chi connectivity index (χ1n) is 6.17. The van der Waals surface area contributed by atoms with Crippen LogP contribution in [0.3, 0.4) is 0 Å². The van der Waals surface area contributed by atoms with Crippen LogP contribution in [0.4, 0.5) is 5.69 Å². The van der Waals surface area contributed by atoms with Crippen molar-refractivity contribution in [2.45, 2.75) is 6.92 Å². The van der Waals surface area contributed by atoms with E-state index in [1.807, 2.05) is 31.2 Å². The van der Waals surface area contributed by atoms with Crippen LogP contribution in [-0.2, 0) is 0 Å². The summed E-state index contributed by atoms with van der Waals surface area (Å²) in [6.45, 7) is 2.00. The van der Waals surface area contributed by atoms with Crippen molar-refractivity contribution in [3.05, 3.63) is 51.5 Å². The number of rotatable bonds is 2. The van der Waals surface area contributed by atoms with Gasteiger partial charge in [-0.05, 0) is 53.2 Å². The summed E-state index contributed by atoms with van der Waals surface area (Å²) in [5, 5.41) is 12.5. The summed E-state index contributed by atoms with van der Waals surface area (Å²) in [7, 11) is 0. The minimum Gasteiger partial charge on any atom is -0.398 e. The highest BCUT2D eigenvalue weighted by atomic mass is 79.9. The summed E-state index contributed by atoms with van der Waals surface area (Å²) in [5.74, 6) is 0.574. The molecule has 21 heavy (non-hydrogen) atoms. The van der Waals surface area contributed by atoms with Gasteiger partial charge in [0.25, 0.3) is 0 Å². The van der Waals surface area contributed by atoms with Crippen LogP contribution in [-0.4, -0.2) is 20.2 Å². The molecule has 3 rings (SSSR count). The van der Waals surface area contributed by atoms with E-state index in [-0.39, 0.29) is 0 Å². The van der Waals surface area contributed by atoms with E-state index in [0.717, 1.165) is 21.3 Å². The Bertz CT molecular complexity index is 815. The van der Waals surface area contributed by atoms with Crippen LogP contribution >= 0.6 is 27.5 Å². The molecule has 0 bridgehead atoms. The van der Waals surface area contributed by atoms with E-state index in [4.69, 9.17) is 17.3 Å². The van der Waals surface area contributed by atoms with E-state index in [1.54, 1.807) is 16.8 Å². The zero-order valence-corrected chi connectivity index (χ0v) is 13.4. The zero-order valence-electron chi connectivity index (χ0n) is 11.1. The van der Waals surface area contributed by atoms with Gasteiger partial charge in [0.1, 0.15) is 0 Å². The Morgan fingerprint density at radius 3 is 2.81 bits per heavy atom. The smallest absolute Gasteiger partial charge is 0.189 e. The van der Waals surface area contributed by atoms with Gasteiger partial charge in [0, 0.05) is 20.7 Å². The number of tetrazole rings is 1. The fraction of sp³-hybridized carbons (Fsp3) is 0.0714. The summed E-state index contributed by atoms with van der Waals surface area (Å²) in [6, 6.07) is 11.1. The van der Waals surface area contributed by atoms with Gasteiger partial charge >= 0.3 is 0 Å². The number of nitrogen functional groups attached to an aromatic ring is 1. The number of hydrogen-bond acceptors (Lipinski definition) is 4. The average molecular weight is 365 g/mol. The molecule has 1 aromatic heterocycles. The predicted molar refractivity (Wildman–Crippen MR) is 86.4 cm³/mol. The van der Waals surface area contributed by atoms with Crippen molar-refractivity contribution in [2.75, 3.05) is 5.73 Å². The summed E-state index contributed by atoms with van der Waals surface area (Å²) in [4.78, 5) is 0. The molecule has 0 aliphatic heterocycles. The highest BCUT2D eigenvalue weighted by Gasteiger charge is 2.15. The first-order valence-corrected chi connectivity index (χ1v) is 7.34. The molecule has 0 saturated heterocycles. The zero-order chi connectivity index (χ0) is 15.0. The summed E-state index contributed by atoms with van der Waals surface area (Å²) < 4.78 is 2.66. The van der Waals surface area contributed by atoms with Gasteiger partial charge in [-0.2, -0.15) is 4.68 Å². The Hall–Kier alpha value is -1.92. The number of benzene rings is 2. The maximum atomic E-state index is 6.02. The second-order valence-corrected chi connectivity index (χ2v) is 5.82. The quantitative estimate of drug-likeness (QED) is 0.705. The largest absolute Gasteiger partial charge is 0.398 e. The molecule has 0 aliphatic rings. The molecule has 7 heteroatoms. The Balaban J connectivity index is 2.20. The normalized spacial score (nSPS) is 10.8. The van der Waals surface area contributed by atoms with Crippen LogP contribution in [0.1, 0.15) is 5.56 Å². The summed E-state index contributed by atoms with van der Waals surface area (Å²) in [6.07, 6.45) is 0. The first kappa shape index (κ1) is 14.0. The molecule has 5 nitrogen and oxygen atoms in total. The van der Waals surface area contributed by atoms with Gasteiger partial charge in [-0.25, -0.2) is 0 Å². The van der Waals surface area contributed by atoms with E-state index in [2.05, 4.69) is 31.5 Å². The predicted octanol–water partition coefficient (Wildman–Crippen LogP) is 3.64. The second kappa shape index (κ2) is 5.46. The first-order chi connectivity index (χ1) is 10.1. The van der Waals surface area contributed by atoms with E-state index in [1.165, 1.54) is 0 Å². The van der Waals surface area contributed by atoms with Crippen molar-refractivity contribution in [3.63, 3.8) is 0 Å². The number of nitrogens with two attached hydrogens (primary N) is 1. The maximum Gasteiger partial charge on any atom is 0.189 e. The van der Waals surface area contributed by atoms with Crippen LogP contribution in [0, 0.1) is 6.92 Å². The minimum atomic E-state index is 0.534. The van der Waals surface area contributed by atoms with Crippen LogP contribution < -0.4 is 5.73 Å². The molecule has 0 amide bonds. The minimum absolute atomic E-state index is 0.534. The molecule has 2 N–H and O–H groups in total. The number of nitrogens with zero attached hydrogens (tertiary/aromatic N) is 4. The van der Waals surface area contributed by atoms with Crippen molar-refractivity contribution in [3.8, 4) is 17.1 Å². The van der Waals surface area contributed by atoms with Crippen molar-refractivity contribution in [1.82, 2.24) is 20.2 Å². The highest BCUT2D eigenvalue weighted by molar-refractivity contribution is 9.10. The standard InChI is InChI=1S/C14H11BrClN5/c1-8-11(15)3-2-4-13(8)21-14(18-19-20-21)10-6-5-9(16)7-12(10)17/h2-7H,17H2,1H3. The van der Waals surface area contributed by atoms with E-state index in [9.17, 15) is 0 Å². The lowest BCUT2D eigenvalue weighted by atomic mass is 10.1. The molecule has 2 aromatic carbocycles. The van der Waals surface area contributed by atoms with Crippen molar-refractivity contribution in [2.24, 2.45) is 0 Å². The SMILES string of the molecule is Cc1c(Br)cccc1-n1nnnc1-c1ccc(Cl)cc1N. The average Bonchev–Trinajstić information content (AvgIpc) is 2.91. The van der Waals surface area contributed by atoms with Gasteiger partial charge in [0.15, 0.2) is 5.82 Å². The molecule has 0 radical (unpaired) electrons. The van der Waals surface area contributed by atoms with Gasteiger partial charge < -0.3 is 5.73 Å². The van der Waals surface area contributed by atoms with Gasteiger partial charge in [0.05, 0.1) is 5.69 Å². The van der Waals surface area contributed by atoms with E-state index in [0.29, 0.717) is 16.5 Å². The van der Waals surface area contributed by atoms with Crippen LogP contribution in [0.15, 0.2) is 40.9 Å². The van der Waals surface area contributed by atoms with E-state index >= 15 is 0 Å². The van der Waals surface area contributed by atoms with Crippen molar-refractivity contribution < 1.29 is 0 Å². The molecule has 1 heterocycles. The lowest BCUT2D eigenvalue weighted by Crippen LogP contribution is -2.03. The van der Waals surface area contributed by atoms with Gasteiger partial charge in [-0.3, -0.25) is 0 Å². The number of hydrogen-bond donors (Lipinski definition) is 1. The number of aromatic nitrogens is 4. The molecule has 0 atom stereocenters. The third-order valence-corrected chi connectivity index (χ3v) is 4.29. The fourth-order valence-electron chi connectivity index (χ4n) is 2.08. The highest BCUT2D eigenvalue weighted by Crippen LogP contribution is 2.30. The number of halogens is 2. The van der Waals surface area contributed by atoms with Crippen molar-refractivity contribution in [1.29, 1.82) is 0 Å². The molecular formula is C14H11BrClN5. The van der Waals surface area contributed by atoms with Crippen molar-refractivity contribution >= 4 is 33.2 Å². The Morgan fingerprint density at radius 2 is 2.05 bits per heavy atom. The summed E-state index contributed by atoms with van der Waals surface area (Å²) in [5.41, 5.74) is 9.23. The van der Waals surface area contributed by atoms with Crippen LogP contribution in [0.5, 0.6) is 0 Å². The third-order valence-electron chi connectivity index (χ3n) is 3.19. The Morgan fingerprint density at radius 1 is 1.24 bits per heavy atom. The Kier molecular flexibility index (Phi) is 3.65. The monoisotopic (exact) mass is 363 g/mol. The maximum absolute atomic E-state index is 6.02. The second-order valence-electron chi connectivity index (χ2n) is 4.53. The molecule has 0 fully saturated rings. The van der Waals surface area contributed by atoms with E-state index < -0.39 is 0 Å². The fourth-order valence-corrected chi connectivity index (χ4v) is 2.62. The molecule has 3 aromatic rings. The summed E-state index contributed by atoms with van der Waals surface area (Å²) >= 11 is 9.45. The van der Waals surface area contributed by atoms with Gasteiger partial charge in [0.2, 0.25) is 0 Å². The number of anilines is 1. The molecule has 106 valence electrons. The Labute approximate surface area is 134 Å². The molecule has 0 unspecified atom stereocenters. The lowest BCUT2D eigenvalue weighted by molar-refractivity contribution is 0.787. The lowest BCUT2D eigenvalue weighted by Gasteiger charge is -2.10. The van der Waals surface area contributed by atoms with Gasteiger partial charge in [-0.15, -0.1) is 5.10 Å². The molecule has 0 aliphatic carbocycles. The van der Waals surface area contributed by atoms with Crippen LogP contribution in [0.2, 0.25) is 5.02 Å².